The summed E-state index contributed by atoms with van der Waals surface area (Å²) < 4.78 is 32.9. The normalized spacial score (nSPS) is 15.7. The largest absolute Gasteiger partial charge is 0.494 e. The van der Waals surface area contributed by atoms with Gasteiger partial charge >= 0.3 is 0 Å². The average Bonchev–Trinajstić information content (AvgIpc) is 2.93. The number of anilines is 2. The van der Waals surface area contributed by atoms with E-state index in [1.165, 1.54) is 50.7 Å². The molecule has 1 aliphatic rings. The van der Waals surface area contributed by atoms with E-state index in [0.717, 1.165) is 5.69 Å². The van der Waals surface area contributed by atoms with E-state index in [1.54, 1.807) is 24.4 Å². The Labute approximate surface area is 161 Å². The van der Waals surface area contributed by atoms with Gasteiger partial charge in [-0.2, -0.15) is 0 Å². The first-order valence-electron chi connectivity index (χ1n) is 9.55. The standard InChI is InChI=1S/C20H27N3O3S/c1-2-26-18-10-12-19(13-11-18)27(24,25)23-20-14-9-17(15-21-20)22-16-7-5-3-4-6-8-16/h9-16,22H,2-8H2,1H3,(H,21,23). The predicted molar refractivity (Wildman–Crippen MR) is 108 cm³/mol. The highest BCUT2D eigenvalue weighted by molar-refractivity contribution is 7.92. The Balaban J connectivity index is 1.62. The van der Waals surface area contributed by atoms with Crippen LogP contribution in [0.4, 0.5) is 11.5 Å². The molecule has 2 aromatic rings. The fourth-order valence-corrected chi connectivity index (χ4v) is 4.29. The van der Waals surface area contributed by atoms with Crippen molar-refractivity contribution >= 4 is 21.5 Å². The van der Waals surface area contributed by atoms with Crippen LogP contribution in [0, 0.1) is 0 Å². The number of benzene rings is 1. The summed E-state index contributed by atoms with van der Waals surface area (Å²) in [7, 11) is -3.68. The second-order valence-electron chi connectivity index (χ2n) is 6.77. The number of ether oxygens (including phenoxy) is 1. The molecule has 1 aliphatic carbocycles. The molecule has 0 atom stereocenters. The van der Waals surface area contributed by atoms with Gasteiger partial charge in [-0.15, -0.1) is 0 Å². The topological polar surface area (TPSA) is 80.3 Å². The van der Waals surface area contributed by atoms with E-state index in [1.807, 2.05) is 13.0 Å². The zero-order chi connectivity index (χ0) is 19.1. The van der Waals surface area contributed by atoms with Gasteiger partial charge in [0.05, 0.1) is 23.4 Å². The lowest BCUT2D eigenvalue weighted by Gasteiger charge is -2.17. The van der Waals surface area contributed by atoms with Crippen LogP contribution < -0.4 is 14.8 Å². The van der Waals surface area contributed by atoms with E-state index in [4.69, 9.17) is 4.74 Å². The molecule has 7 heteroatoms. The SMILES string of the molecule is CCOc1ccc(S(=O)(=O)Nc2ccc(NC3CCCCCC3)cn2)cc1. The Bertz CT molecular complexity index is 813. The van der Waals surface area contributed by atoms with Crippen LogP contribution in [0.5, 0.6) is 5.75 Å². The van der Waals surface area contributed by atoms with E-state index in [-0.39, 0.29) is 4.90 Å². The first-order valence-corrected chi connectivity index (χ1v) is 11.0. The molecule has 0 spiro atoms. The van der Waals surface area contributed by atoms with Crippen LogP contribution in [0.15, 0.2) is 47.5 Å². The number of nitrogens with one attached hydrogen (secondary N) is 2. The van der Waals surface area contributed by atoms with Crippen LogP contribution in [0.3, 0.4) is 0 Å². The number of hydrogen-bond donors (Lipinski definition) is 2. The summed E-state index contributed by atoms with van der Waals surface area (Å²) in [6, 6.07) is 10.4. The summed E-state index contributed by atoms with van der Waals surface area (Å²) in [4.78, 5) is 4.42. The molecular weight excluding hydrogens is 362 g/mol. The molecule has 1 saturated carbocycles. The minimum atomic E-state index is -3.68. The summed E-state index contributed by atoms with van der Waals surface area (Å²) in [6.45, 7) is 2.42. The highest BCUT2D eigenvalue weighted by Crippen LogP contribution is 2.22. The lowest BCUT2D eigenvalue weighted by atomic mass is 10.1. The molecule has 6 nitrogen and oxygen atoms in total. The molecular formula is C20H27N3O3S. The maximum absolute atomic E-state index is 12.5. The van der Waals surface area contributed by atoms with Crippen molar-refractivity contribution in [1.82, 2.24) is 4.98 Å². The van der Waals surface area contributed by atoms with Gasteiger partial charge in [-0.05, 0) is 56.2 Å². The zero-order valence-electron chi connectivity index (χ0n) is 15.6. The number of sulfonamides is 1. The van der Waals surface area contributed by atoms with Crippen molar-refractivity contribution in [3.05, 3.63) is 42.6 Å². The number of pyridine rings is 1. The van der Waals surface area contributed by atoms with Gasteiger partial charge in [0.15, 0.2) is 0 Å². The molecule has 1 aromatic heterocycles. The minimum absolute atomic E-state index is 0.174. The van der Waals surface area contributed by atoms with Crippen molar-refractivity contribution in [2.24, 2.45) is 0 Å². The highest BCUT2D eigenvalue weighted by Gasteiger charge is 2.16. The van der Waals surface area contributed by atoms with Gasteiger partial charge in [-0.1, -0.05) is 25.7 Å². The summed E-state index contributed by atoms with van der Waals surface area (Å²) in [5.41, 5.74) is 0.922. The minimum Gasteiger partial charge on any atom is -0.494 e. The number of aromatic nitrogens is 1. The Morgan fingerprint density at radius 3 is 2.33 bits per heavy atom. The second-order valence-corrected chi connectivity index (χ2v) is 8.46. The number of nitrogens with zero attached hydrogens (tertiary/aromatic N) is 1. The van der Waals surface area contributed by atoms with Crippen molar-refractivity contribution < 1.29 is 13.2 Å². The van der Waals surface area contributed by atoms with E-state index in [9.17, 15) is 8.42 Å². The summed E-state index contributed by atoms with van der Waals surface area (Å²) in [6.07, 6.45) is 9.15. The van der Waals surface area contributed by atoms with Gasteiger partial charge in [0.2, 0.25) is 0 Å². The third kappa shape index (κ3) is 5.60. The molecule has 1 aromatic carbocycles. The van der Waals surface area contributed by atoms with E-state index >= 15 is 0 Å². The van der Waals surface area contributed by atoms with Crippen LogP contribution in [0.2, 0.25) is 0 Å². The monoisotopic (exact) mass is 389 g/mol. The average molecular weight is 390 g/mol. The first kappa shape index (κ1) is 19.5. The Hall–Kier alpha value is -2.28. The highest BCUT2D eigenvalue weighted by atomic mass is 32.2. The molecule has 0 bridgehead atoms. The summed E-state index contributed by atoms with van der Waals surface area (Å²) in [5.74, 6) is 0.943. The zero-order valence-corrected chi connectivity index (χ0v) is 16.5. The Morgan fingerprint density at radius 2 is 1.74 bits per heavy atom. The molecule has 0 amide bonds. The lowest BCUT2D eigenvalue weighted by molar-refractivity contribution is 0.340. The Kier molecular flexibility index (Phi) is 6.55. The van der Waals surface area contributed by atoms with Gasteiger partial charge < -0.3 is 10.1 Å². The van der Waals surface area contributed by atoms with Crippen molar-refractivity contribution in [3.8, 4) is 5.75 Å². The first-order chi connectivity index (χ1) is 13.1. The fraction of sp³-hybridized carbons (Fsp3) is 0.450. The molecule has 1 heterocycles. The third-order valence-corrected chi connectivity index (χ3v) is 6.04. The van der Waals surface area contributed by atoms with Gasteiger partial charge in [0, 0.05) is 6.04 Å². The van der Waals surface area contributed by atoms with E-state index in [2.05, 4.69) is 15.0 Å². The van der Waals surface area contributed by atoms with Crippen molar-refractivity contribution in [1.29, 1.82) is 0 Å². The summed E-state index contributed by atoms with van der Waals surface area (Å²) >= 11 is 0. The molecule has 0 unspecified atom stereocenters. The van der Waals surface area contributed by atoms with Crippen molar-refractivity contribution in [2.75, 3.05) is 16.6 Å². The third-order valence-electron chi connectivity index (χ3n) is 4.67. The van der Waals surface area contributed by atoms with Crippen molar-refractivity contribution in [2.45, 2.75) is 56.4 Å². The van der Waals surface area contributed by atoms with Crippen LogP contribution in [-0.2, 0) is 10.0 Å². The smallest absolute Gasteiger partial charge is 0.263 e. The summed E-state index contributed by atoms with van der Waals surface area (Å²) in [5, 5.41) is 3.51. The van der Waals surface area contributed by atoms with Gasteiger partial charge in [0.25, 0.3) is 10.0 Å². The molecule has 0 aliphatic heterocycles. The molecule has 146 valence electrons. The van der Waals surface area contributed by atoms with Crippen LogP contribution in [0.1, 0.15) is 45.4 Å². The van der Waals surface area contributed by atoms with E-state index < -0.39 is 10.0 Å². The quantitative estimate of drug-likeness (QED) is 0.686. The van der Waals surface area contributed by atoms with Gasteiger partial charge in [-0.25, -0.2) is 13.4 Å². The maximum Gasteiger partial charge on any atom is 0.263 e. The number of rotatable bonds is 7. The van der Waals surface area contributed by atoms with E-state index in [0.29, 0.717) is 24.2 Å². The Morgan fingerprint density at radius 1 is 1.04 bits per heavy atom. The molecule has 0 saturated heterocycles. The van der Waals surface area contributed by atoms with Crippen molar-refractivity contribution in [3.63, 3.8) is 0 Å². The predicted octanol–water partition coefficient (Wildman–Crippen LogP) is 4.42. The number of hydrogen-bond acceptors (Lipinski definition) is 5. The molecule has 3 rings (SSSR count). The lowest BCUT2D eigenvalue weighted by Crippen LogP contribution is -2.18. The molecule has 2 N–H and O–H groups in total. The van der Waals surface area contributed by atoms with Crippen LogP contribution in [-0.4, -0.2) is 26.1 Å². The van der Waals surface area contributed by atoms with Crippen LogP contribution in [0.25, 0.3) is 0 Å². The maximum atomic E-state index is 12.5. The molecule has 0 radical (unpaired) electrons. The fourth-order valence-electron chi connectivity index (χ4n) is 3.28. The second kappa shape index (κ2) is 9.08. The molecule has 1 fully saturated rings. The van der Waals surface area contributed by atoms with Gasteiger partial charge in [-0.3, -0.25) is 4.72 Å². The van der Waals surface area contributed by atoms with Crippen LogP contribution >= 0.6 is 0 Å². The van der Waals surface area contributed by atoms with Gasteiger partial charge in [0.1, 0.15) is 11.6 Å². The molecule has 27 heavy (non-hydrogen) atoms.